The van der Waals surface area contributed by atoms with Crippen LogP contribution in [0.3, 0.4) is 0 Å². The first-order valence-electron chi connectivity index (χ1n) is 3.71. The van der Waals surface area contributed by atoms with E-state index < -0.39 is 5.97 Å². The van der Waals surface area contributed by atoms with E-state index in [0.29, 0.717) is 17.8 Å². The Balaban J connectivity index is 2.85. The number of hydrogen-bond donors (Lipinski definition) is 1. The molecule has 0 aromatic carbocycles. The summed E-state index contributed by atoms with van der Waals surface area (Å²) >= 11 is 0. The molecule has 0 spiro atoms. The Morgan fingerprint density at radius 2 is 2.50 bits per heavy atom. The van der Waals surface area contributed by atoms with Gasteiger partial charge in [0, 0.05) is 5.57 Å². The molecule has 0 unspecified atom stereocenters. The van der Waals surface area contributed by atoms with Gasteiger partial charge in [-0.05, 0) is 24.6 Å². The summed E-state index contributed by atoms with van der Waals surface area (Å²) in [6.45, 7) is 1.79. The van der Waals surface area contributed by atoms with E-state index >= 15 is 0 Å². The minimum absolute atomic E-state index is 0.352. The van der Waals surface area contributed by atoms with Crippen molar-refractivity contribution in [2.24, 2.45) is 0 Å². The van der Waals surface area contributed by atoms with E-state index in [0.717, 1.165) is 0 Å². The normalized spacial score (nSPS) is 11.6. The maximum Gasteiger partial charge on any atom is 0.331 e. The van der Waals surface area contributed by atoms with Gasteiger partial charge in [0.15, 0.2) is 0 Å². The van der Waals surface area contributed by atoms with Crippen molar-refractivity contribution < 1.29 is 14.3 Å². The van der Waals surface area contributed by atoms with Gasteiger partial charge in [0.2, 0.25) is 0 Å². The quantitative estimate of drug-likeness (QED) is 0.700. The third-order valence-electron chi connectivity index (χ3n) is 1.52. The van der Waals surface area contributed by atoms with Crippen molar-refractivity contribution in [3.63, 3.8) is 0 Å². The molecule has 0 aliphatic rings. The molecule has 3 heteroatoms. The summed E-state index contributed by atoms with van der Waals surface area (Å²) in [4.78, 5) is 10.5. The van der Waals surface area contributed by atoms with Crippen molar-refractivity contribution in [3.05, 3.63) is 29.7 Å². The van der Waals surface area contributed by atoms with Gasteiger partial charge in [-0.3, -0.25) is 0 Å². The van der Waals surface area contributed by atoms with Crippen LogP contribution in [0.4, 0.5) is 0 Å². The molecule has 0 atom stereocenters. The highest BCUT2D eigenvalue weighted by atomic mass is 16.4. The molecule has 64 valence electrons. The van der Waals surface area contributed by atoms with Crippen LogP contribution in [0.5, 0.6) is 0 Å². The lowest BCUT2D eigenvalue weighted by atomic mass is 10.2. The van der Waals surface area contributed by atoms with Gasteiger partial charge in [0.1, 0.15) is 5.76 Å². The lowest BCUT2D eigenvalue weighted by molar-refractivity contribution is -0.132. The number of rotatable bonds is 3. The molecule has 1 heterocycles. The summed E-state index contributed by atoms with van der Waals surface area (Å²) in [6, 6.07) is 3.44. The summed E-state index contributed by atoms with van der Waals surface area (Å²) in [5, 5.41) is 8.66. The van der Waals surface area contributed by atoms with Crippen molar-refractivity contribution in [3.8, 4) is 0 Å². The number of aliphatic carboxylic acids is 1. The molecule has 0 bridgehead atoms. The van der Waals surface area contributed by atoms with Crippen LogP contribution in [0.2, 0.25) is 0 Å². The van der Waals surface area contributed by atoms with Gasteiger partial charge in [0.25, 0.3) is 0 Å². The van der Waals surface area contributed by atoms with E-state index in [9.17, 15) is 4.79 Å². The predicted molar refractivity (Wildman–Crippen MR) is 44.6 cm³/mol. The highest BCUT2D eigenvalue weighted by molar-refractivity contribution is 5.91. The molecule has 0 radical (unpaired) electrons. The molecule has 0 amide bonds. The zero-order valence-corrected chi connectivity index (χ0v) is 6.78. The molecule has 1 aromatic rings. The summed E-state index contributed by atoms with van der Waals surface area (Å²) in [5.41, 5.74) is 0.352. The molecule has 0 aliphatic carbocycles. The first kappa shape index (κ1) is 8.59. The Morgan fingerprint density at radius 1 is 1.75 bits per heavy atom. The molecule has 0 saturated carbocycles. The van der Waals surface area contributed by atoms with E-state index in [1.807, 2.05) is 0 Å². The maximum atomic E-state index is 10.5. The highest BCUT2D eigenvalue weighted by Crippen LogP contribution is 2.09. The average molecular weight is 166 g/mol. The van der Waals surface area contributed by atoms with E-state index in [1.54, 1.807) is 19.1 Å². The Hall–Kier alpha value is -1.51. The first-order chi connectivity index (χ1) is 5.74. The second kappa shape index (κ2) is 3.76. The third kappa shape index (κ3) is 1.99. The van der Waals surface area contributed by atoms with Gasteiger partial charge in [0.05, 0.1) is 6.26 Å². The van der Waals surface area contributed by atoms with Crippen molar-refractivity contribution >= 4 is 12.0 Å². The number of hydrogen-bond acceptors (Lipinski definition) is 2. The average Bonchev–Trinajstić information content (AvgIpc) is 2.51. The SMILES string of the molecule is CC/C(=C\c1ccco1)C(=O)O. The number of carboxylic acids is 1. The summed E-state index contributed by atoms with van der Waals surface area (Å²) < 4.78 is 4.98. The minimum Gasteiger partial charge on any atom is -0.478 e. The Labute approximate surface area is 70.3 Å². The zero-order chi connectivity index (χ0) is 8.97. The summed E-state index contributed by atoms with van der Waals surface area (Å²) in [7, 11) is 0. The van der Waals surface area contributed by atoms with Crippen molar-refractivity contribution in [2.75, 3.05) is 0 Å². The molecular weight excluding hydrogens is 156 g/mol. The van der Waals surface area contributed by atoms with Crippen LogP contribution in [0, 0.1) is 0 Å². The number of carboxylic acid groups (broad SMARTS) is 1. The van der Waals surface area contributed by atoms with Gasteiger partial charge in [-0.2, -0.15) is 0 Å². The fourth-order valence-electron chi connectivity index (χ4n) is 0.860. The smallest absolute Gasteiger partial charge is 0.331 e. The molecule has 0 aliphatic heterocycles. The predicted octanol–water partition coefficient (Wildman–Crippen LogP) is 2.16. The molecule has 1 N–H and O–H groups in total. The van der Waals surface area contributed by atoms with Crippen LogP contribution in [-0.2, 0) is 4.79 Å². The van der Waals surface area contributed by atoms with E-state index in [2.05, 4.69) is 0 Å². The summed E-state index contributed by atoms with van der Waals surface area (Å²) in [5.74, 6) is -0.317. The molecular formula is C9H10O3. The number of carbonyl (C=O) groups is 1. The molecule has 0 fully saturated rings. The monoisotopic (exact) mass is 166 g/mol. The van der Waals surface area contributed by atoms with Gasteiger partial charge in [-0.1, -0.05) is 6.92 Å². The largest absolute Gasteiger partial charge is 0.478 e. The zero-order valence-electron chi connectivity index (χ0n) is 6.78. The third-order valence-corrected chi connectivity index (χ3v) is 1.52. The molecule has 0 saturated heterocycles. The Kier molecular flexibility index (Phi) is 2.69. The summed E-state index contributed by atoms with van der Waals surface area (Å²) in [6.07, 6.45) is 3.54. The van der Waals surface area contributed by atoms with Gasteiger partial charge in [-0.15, -0.1) is 0 Å². The Morgan fingerprint density at radius 3 is 2.92 bits per heavy atom. The van der Waals surface area contributed by atoms with Gasteiger partial charge in [-0.25, -0.2) is 4.79 Å². The van der Waals surface area contributed by atoms with E-state index in [4.69, 9.17) is 9.52 Å². The fraction of sp³-hybridized carbons (Fsp3) is 0.222. The van der Waals surface area contributed by atoms with Crippen LogP contribution >= 0.6 is 0 Å². The van der Waals surface area contributed by atoms with Crippen molar-refractivity contribution in [2.45, 2.75) is 13.3 Å². The standard InChI is InChI=1S/C9H10O3/c1-2-7(9(10)11)6-8-4-3-5-12-8/h3-6H,2H2,1H3,(H,10,11)/b7-6+. The van der Waals surface area contributed by atoms with Crippen LogP contribution in [0.1, 0.15) is 19.1 Å². The second-order valence-electron chi connectivity index (χ2n) is 2.34. The number of furan rings is 1. The van der Waals surface area contributed by atoms with Crippen LogP contribution < -0.4 is 0 Å². The first-order valence-corrected chi connectivity index (χ1v) is 3.71. The minimum atomic E-state index is -0.895. The molecule has 1 aromatic heterocycles. The van der Waals surface area contributed by atoms with Gasteiger partial charge < -0.3 is 9.52 Å². The van der Waals surface area contributed by atoms with Crippen LogP contribution in [0.15, 0.2) is 28.4 Å². The van der Waals surface area contributed by atoms with Crippen molar-refractivity contribution in [1.29, 1.82) is 0 Å². The van der Waals surface area contributed by atoms with Crippen LogP contribution in [-0.4, -0.2) is 11.1 Å². The van der Waals surface area contributed by atoms with Crippen molar-refractivity contribution in [1.82, 2.24) is 0 Å². The second-order valence-corrected chi connectivity index (χ2v) is 2.34. The molecule has 1 rings (SSSR count). The topological polar surface area (TPSA) is 50.4 Å². The molecule has 3 nitrogen and oxygen atoms in total. The van der Waals surface area contributed by atoms with Gasteiger partial charge >= 0.3 is 5.97 Å². The van der Waals surface area contributed by atoms with E-state index in [1.165, 1.54) is 12.3 Å². The maximum absolute atomic E-state index is 10.5. The highest BCUT2D eigenvalue weighted by Gasteiger charge is 2.04. The van der Waals surface area contributed by atoms with E-state index in [-0.39, 0.29) is 0 Å². The lowest BCUT2D eigenvalue weighted by Crippen LogP contribution is -1.98. The Bertz CT molecular complexity index is 283. The molecule has 12 heavy (non-hydrogen) atoms. The van der Waals surface area contributed by atoms with Crippen LogP contribution in [0.25, 0.3) is 6.08 Å². The lowest BCUT2D eigenvalue weighted by Gasteiger charge is -1.94. The fourth-order valence-corrected chi connectivity index (χ4v) is 0.860.